The molecule has 0 aromatic heterocycles. The van der Waals surface area contributed by atoms with Crippen LogP contribution in [-0.4, -0.2) is 66.8 Å². The zero-order valence-electron chi connectivity index (χ0n) is 12.8. The summed E-state index contributed by atoms with van der Waals surface area (Å²) in [5, 5.41) is 19.7. The summed E-state index contributed by atoms with van der Waals surface area (Å²) in [7, 11) is 6.76. The third kappa shape index (κ3) is 4.54. The fraction of sp³-hybridized carbons (Fsp3) is 0.467. The van der Waals surface area contributed by atoms with E-state index in [2.05, 4.69) is 0 Å². The number of hydrogen-bond donors (Lipinski definition) is 2. The Kier molecular flexibility index (Phi) is 5.09. The second-order valence-electron chi connectivity index (χ2n) is 6.08. The van der Waals surface area contributed by atoms with Gasteiger partial charge in [0.25, 0.3) is 0 Å². The van der Waals surface area contributed by atoms with E-state index in [1.807, 2.05) is 0 Å². The maximum absolute atomic E-state index is 12.7. The summed E-state index contributed by atoms with van der Waals surface area (Å²) in [5.74, 6) is -1.56. The number of quaternary nitrogens is 1. The zero-order chi connectivity index (χ0) is 16.3. The van der Waals surface area contributed by atoms with Gasteiger partial charge in [0, 0.05) is 0 Å². The molecule has 0 aliphatic heterocycles. The van der Waals surface area contributed by atoms with Crippen molar-refractivity contribution in [1.29, 1.82) is 0 Å². The second kappa shape index (κ2) is 6.24. The number of likely N-dealkylation sites (N-methyl/N-ethyl adjacent to an activating group) is 1. The average Bonchev–Trinajstić information content (AvgIpc) is 2.34. The van der Waals surface area contributed by atoms with E-state index in [-0.39, 0.29) is 16.6 Å². The van der Waals surface area contributed by atoms with Crippen LogP contribution in [0.25, 0.3) is 0 Å². The van der Waals surface area contributed by atoms with Gasteiger partial charge >= 0.3 is 5.97 Å². The summed E-state index contributed by atoms with van der Waals surface area (Å²) < 4.78 is 5.37. The number of carboxylic acids is 1. The molecule has 1 aromatic carbocycles. The molecule has 6 nitrogen and oxygen atoms in total. The Balaban J connectivity index is 3.25. The number of para-hydroxylation sites is 1. The molecule has 1 aromatic rings. The molecule has 1 rings (SSSR count). The Morgan fingerprint density at radius 3 is 2.29 bits per heavy atom. The number of rotatable bonds is 7. The van der Waals surface area contributed by atoms with Gasteiger partial charge in [0.1, 0.15) is 12.3 Å². The SMILES string of the molecule is COc1ccccc1C(=O)[C@@](O)(CC(=O)O)C[N+](C)(C)C. The van der Waals surface area contributed by atoms with Crippen LogP contribution in [-0.2, 0) is 4.79 Å². The van der Waals surface area contributed by atoms with Gasteiger partial charge in [-0.25, -0.2) is 0 Å². The van der Waals surface area contributed by atoms with E-state index in [1.165, 1.54) is 13.2 Å². The van der Waals surface area contributed by atoms with Crippen molar-refractivity contribution >= 4 is 11.8 Å². The lowest BCUT2D eigenvalue weighted by Gasteiger charge is -2.33. The summed E-state index contributed by atoms with van der Waals surface area (Å²) in [5.41, 5.74) is -1.81. The van der Waals surface area contributed by atoms with Crippen molar-refractivity contribution in [2.24, 2.45) is 0 Å². The van der Waals surface area contributed by atoms with Gasteiger partial charge in [-0.2, -0.15) is 0 Å². The molecule has 1 atom stereocenters. The summed E-state index contributed by atoms with van der Waals surface area (Å²) in [6, 6.07) is 6.46. The lowest BCUT2D eigenvalue weighted by atomic mass is 9.88. The number of ketones is 1. The third-order valence-corrected chi connectivity index (χ3v) is 2.95. The molecule has 0 bridgehead atoms. The van der Waals surface area contributed by atoms with Crippen LogP contribution in [0.2, 0.25) is 0 Å². The Labute approximate surface area is 124 Å². The van der Waals surface area contributed by atoms with Crippen LogP contribution in [0.5, 0.6) is 5.75 Å². The van der Waals surface area contributed by atoms with Crippen molar-refractivity contribution in [2.75, 3.05) is 34.8 Å². The third-order valence-electron chi connectivity index (χ3n) is 2.95. The van der Waals surface area contributed by atoms with Crippen molar-refractivity contribution in [1.82, 2.24) is 0 Å². The van der Waals surface area contributed by atoms with E-state index in [0.717, 1.165) is 0 Å². The molecule has 116 valence electrons. The Morgan fingerprint density at radius 2 is 1.81 bits per heavy atom. The van der Waals surface area contributed by atoms with Crippen LogP contribution >= 0.6 is 0 Å². The van der Waals surface area contributed by atoms with Gasteiger partial charge < -0.3 is 19.4 Å². The minimum absolute atomic E-state index is 0.0177. The molecule has 0 saturated heterocycles. The molecule has 0 aliphatic carbocycles. The topological polar surface area (TPSA) is 83.8 Å². The molecule has 0 fully saturated rings. The van der Waals surface area contributed by atoms with Crippen LogP contribution in [0.3, 0.4) is 0 Å². The molecular formula is C15H22NO5+. The van der Waals surface area contributed by atoms with E-state index >= 15 is 0 Å². The van der Waals surface area contributed by atoms with E-state index in [0.29, 0.717) is 5.75 Å². The van der Waals surface area contributed by atoms with Gasteiger partial charge in [-0.15, -0.1) is 0 Å². The standard InChI is InChI=1S/C15H21NO5/c1-16(2,3)10-15(20,9-13(17)18)14(19)11-7-5-6-8-12(11)21-4/h5-8,20H,9-10H2,1-4H3/p+1/t15-/m1/s1. The minimum atomic E-state index is -1.99. The predicted octanol–water partition coefficient (Wildman–Crippen LogP) is 0.790. The summed E-state index contributed by atoms with van der Waals surface area (Å²) >= 11 is 0. The van der Waals surface area contributed by atoms with Crippen molar-refractivity contribution in [2.45, 2.75) is 12.0 Å². The molecule has 0 saturated carbocycles. The monoisotopic (exact) mass is 296 g/mol. The van der Waals surface area contributed by atoms with Gasteiger partial charge in [0.05, 0.1) is 40.2 Å². The number of nitrogens with zero attached hydrogens (tertiary/aromatic N) is 1. The highest BCUT2D eigenvalue weighted by molar-refractivity contribution is 6.06. The first-order chi connectivity index (χ1) is 9.59. The molecule has 6 heteroatoms. The molecule has 0 radical (unpaired) electrons. The van der Waals surface area contributed by atoms with E-state index < -0.39 is 23.8 Å². The summed E-state index contributed by atoms with van der Waals surface area (Å²) in [4.78, 5) is 23.7. The Bertz CT molecular complexity index is 535. The number of hydrogen-bond acceptors (Lipinski definition) is 4. The highest BCUT2D eigenvalue weighted by atomic mass is 16.5. The number of aliphatic hydroxyl groups is 1. The highest BCUT2D eigenvalue weighted by Gasteiger charge is 2.44. The van der Waals surface area contributed by atoms with Gasteiger partial charge in [0.2, 0.25) is 5.78 Å². The molecule has 0 heterocycles. The summed E-state index contributed by atoms with van der Waals surface area (Å²) in [6.45, 7) is -0.0177. The molecule has 21 heavy (non-hydrogen) atoms. The van der Waals surface area contributed by atoms with Gasteiger partial charge in [-0.1, -0.05) is 12.1 Å². The first kappa shape index (κ1) is 17.1. The predicted molar refractivity (Wildman–Crippen MR) is 77.4 cm³/mol. The minimum Gasteiger partial charge on any atom is -0.496 e. The van der Waals surface area contributed by atoms with Crippen LogP contribution < -0.4 is 4.74 Å². The lowest BCUT2D eigenvalue weighted by Crippen LogP contribution is -2.54. The van der Waals surface area contributed by atoms with Gasteiger partial charge in [-0.05, 0) is 12.1 Å². The number of methoxy groups -OCH3 is 1. The van der Waals surface area contributed by atoms with Crippen molar-refractivity contribution in [3.05, 3.63) is 29.8 Å². The van der Waals surface area contributed by atoms with Crippen LogP contribution in [0.4, 0.5) is 0 Å². The van der Waals surface area contributed by atoms with Crippen LogP contribution in [0.15, 0.2) is 24.3 Å². The smallest absolute Gasteiger partial charge is 0.307 e. The van der Waals surface area contributed by atoms with Gasteiger partial charge in [0.15, 0.2) is 5.60 Å². The fourth-order valence-corrected chi connectivity index (χ4v) is 2.33. The molecule has 2 N–H and O–H groups in total. The van der Waals surface area contributed by atoms with Crippen molar-refractivity contribution in [3.63, 3.8) is 0 Å². The van der Waals surface area contributed by atoms with Crippen molar-refractivity contribution < 1.29 is 29.0 Å². The number of aliphatic carboxylic acids is 1. The number of benzene rings is 1. The molecule has 0 amide bonds. The molecule has 0 aliphatic rings. The maximum Gasteiger partial charge on any atom is 0.307 e. The quantitative estimate of drug-likeness (QED) is 0.574. The lowest BCUT2D eigenvalue weighted by molar-refractivity contribution is -0.875. The second-order valence-corrected chi connectivity index (χ2v) is 6.08. The number of ether oxygens (including phenoxy) is 1. The normalized spacial score (nSPS) is 14.3. The molecule has 0 unspecified atom stereocenters. The largest absolute Gasteiger partial charge is 0.496 e. The van der Waals surface area contributed by atoms with E-state index in [4.69, 9.17) is 9.84 Å². The van der Waals surface area contributed by atoms with Crippen molar-refractivity contribution in [3.8, 4) is 5.75 Å². The number of carbonyl (C=O) groups is 2. The zero-order valence-corrected chi connectivity index (χ0v) is 12.8. The van der Waals surface area contributed by atoms with E-state index in [9.17, 15) is 14.7 Å². The van der Waals surface area contributed by atoms with Gasteiger partial charge in [-0.3, -0.25) is 9.59 Å². The highest BCUT2D eigenvalue weighted by Crippen LogP contribution is 2.26. The average molecular weight is 296 g/mol. The molecular weight excluding hydrogens is 274 g/mol. The first-order valence-electron chi connectivity index (χ1n) is 6.51. The number of carbonyl (C=O) groups excluding carboxylic acids is 1. The maximum atomic E-state index is 12.7. The number of carboxylic acid groups (broad SMARTS) is 1. The fourth-order valence-electron chi connectivity index (χ4n) is 2.33. The Morgan fingerprint density at radius 1 is 1.24 bits per heavy atom. The summed E-state index contributed by atoms with van der Waals surface area (Å²) in [6.07, 6.45) is -0.653. The Hall–Kier alpha value is -1.92. The van der Waals surface area contributed by atoms with Crippen LogP contribution in [0.1, 0.15) is 16.8 Å². The van der Waals surface area contributed by atoms with E-state index in [1.54, 1.807) is 39.3 Å². The first-order valence-corrected chi connectivity index (χ1v) is 6.51. The van der Waals surface area contributed by atoms with Crippen LogP contribution in [0, 0.1) is 0 Å². The molecule has 0 spiro atoms. The number of Topliss-reactive ketones (excluding diaryl/α,β-unsaturated/α-hetero) is 1.